The molecule has 2 rings (SSSR count). The van der Waals surface area contributed by atoms with E-state index in [0.717, 1.165) is 30.5 Å². The van der Waals surface area contributed by atoms with Crippen molar-refractivity contribution >= 4 is 11.9 Å². The van der Waals surface area contributed by atoms with Crippen molar-refractivity contribution < 1.29 is 9.59 Å². The number of piperidine rings is 1. The number of carbonyl (C=O) groups is 2. The number of aryl methyl sites for hydroxylation is 1. The Bertz CT molecular complexity index is 561. The van der Waals surface area contributed by atoms with Gasteiger partial charge in [0, 0.05) is 19.1 Å². The molecule has 1 saturated heterocycles. The van der Waals surface area contributed by atoms with Crippen molar-refractivity contribution in [2.75, 3.05) is 20.1 Å². The molecular weight excluding hydrogens is 292 g/mol. The average Bonchev–Trinajstić information content (AvgIpc) is 2.53. The van der Waals surface area contributed by atoms with E-state index in [1.54, 1.807) is 0 Å². The van der Waals surface area contributed by atoms with Crippen molar-refractivity contribution in [3.8, 4) is 0 Å². The van der Waals surface area contributed by atoms with E-state index in [0.29, 0.717) is 12.6 Å². The number of nitrogens with two attached hydrogens (primary N) is 1. The first kappa shape index (κ1) is 17.3. The van der Waals surface area contributed by atoms with E-state index in [2.05, 4.69) is 10.6 Å². The van der Waals surface area contributed by atoms with Crippen LogP contribution in [-0.2, 0) is 4.79 Å². The highest BCUT2D eigenvalue weighted by Gasteiger charge is 2.25. The van der Waals surface area contributed by atoms with Gasteiger partial charge in [0.25, 0.3) is 0 Å². The molecule has 0 radical (unpaired) electrons. The van der Waals surface area contributed by atoms with Crippen LogP contribution in [0.1, 0.15) is 36.4 Å². The third-order valence-electron chi connectivity index (χ3n) is 4.32. The Labute approximate surface area is 137 Å². The van der Waals surface area contributed by atoms with E-state index >= 15 is 0 Å². The van der Waals surface area contributed by atoms with Crippen LogP contribution in [0.15, 0.2) is 24.3 Å². The van der Waals surface area contributed by atoms with E-state index in [-0.39, 0.29) is 12.3 Å². The SMILES string of the molecule is CN[C@H]1CCCN(C(=O)C[C@H](NC(N)=O)c2cccc(C)c2)C1. The lowest BCUT2D eigenvalue weighted by atomic mass is 9.99. The van der Waals surface area contributed by atoms with Gasteiger partial charge in [-0.2, -0.15) is 0 Å². The van der Waals surface area contributed by atoms with Gasteiger partial charge in [0.2, 0.25) is 5.91 Å². The lowest BCUT2D eigenvalue weighted by molar-refractivity contribution is -0.133. The number of urea groups is 1. The summed E-state index contributed by atoms with van der Waals surface area (Å²) in [5.74, 6) is 0.0465. The van der Waals surface area contributed by atoms with Gasteiger partial charge in [-0.05, 0) is 32.4 Å². The summed E-state index contributed by atoms with van der Waals surface area (Å²) in [5.41, 5.74) is 7.27. The molecule has 1 fully saturated rings. The number of benzene rings is 1. The summed E-state index contributed by atoms with van der Waals surface area (Å²) in [4.78, 5) is 25.8. The number of primary amides is 1. The molecule has 0 aromatic heterocycles. The van der Waals surface area contributed by atoms with Gasteiger partial charge in [-0.3, -0.25) is 4.79 Å². The molecule has 4 N–H and O–H groups in total. The van der Waals surface area contributed by atoms with Crippen LogP contribution >= 0.6 is 0 Å². The number of hydrogen-bond donors (Lipinski definition) is 3. The van der Waals surface area contributed by atoms with Crippen LogP contribution in [0.25, 0.3) is 0 Å². The summed E-state index contributed by atoms with van der Waals surface area (Å²) in [6.07, 6.45) is 2.31. The molecular formula is C17H26N4O2. The van der Waals surface area contributed by atoms with Gasteiger partial charge in [-0.15, -0.1) is 0 Å². The Kier molecular flexibility index (Phi) is 5.98. The first-order chi connectivity index (χ1) is 11.0. The van der Waals surface area contributed by atoms with Gasteiger partial charge in [0.15, 0.2) is 0 Å². The molecule has 3 amide bonds. The number of rotatable bonds is 5. The largest absolute Gasteiger partial charge is 0.352 e. The maximum Gasteiger partial charge on any atom is 0.312 e. The molecule has 0 bridgehead atoms. The molecule has 2 atom stereocenters. The van der Waals surface area contributed by atoms with Crippen molar-refractivity contribution in [3.05, 3.63) is 35.4 Å². The van der Waals surface area contributed by atoms with Crippen molar-refractivity contribution in [3.63, 3.8) is 0 Å². The minimum atomic E-state index is -0.615. The molecule has 1 heterocycles. The highest BCUT2D eigenvalue weighted by molar-refractivity contribution is 5.79. The summed E-state index contributed by atoms with van der Waals surface area (Å²) >= 11 is 0. The second-order valence-electron chi connectivity index (χ2n) is 6.15. The summed E-state index contributed by atoms with van der Waals surface area (Å²) in [7, 11) is 1.92. The highest BCUT2D eigenvalue weighted by atomic mass is 16.2. The molecule has 6 nitrogen and oxygen atoms in total. The van der Waals surface area contributed by atoms with Gasteiger partial charge in [0.05, 0.1) is 12.5 Å². The molecule has 0 saturated carbocycles. The molecule has 0 unspecified atom stereocenters. The number of amides is 3. The second-order valence-corrected chi connectivity index (χ2v) is 6.15. The maximum absolute atomic E-state index is 12.6. The van der Waals surface area contributed by atoms with E-state index in [4.69, 9.17) is 5.73 Å². The fraction of sp³-hybridized carbons (Fsp3) is 0.529. The van der Waals surface area contributed by atoms with Crippen molar-refractivity contribution in [2.45, 2.75) is 38.3 Å². The Morgan fingerprint density at radius 3 is 2.87 bits per heavy atom. The Morgan fingerprint density at radius 1 is 1.43 bits per heavy atom. The highest BCUT2D eigenvalue weighted by Crippen LogP contribution is 2.20. The molecule has 0 spiro atoms. The third kappa shape index (κ3) is 4.96. The summed E-state index contributed by atoms with van der Waals surface area (Å²) in [5, 5.41) is 5.92. The number of nitrogens with one attached hydrogen (secondary N) is 2. The predicted octanol–water partition coefficient (Wildman–Crippen LogP) is 1.30. The fourth-order valence-corrected chi connectivity index (χ4v) is 3.05. The Morgan fingerprint density at radius 2 is 2.22 bits per heavy atom. The van der Waals surface area contributed by atoms with Gasteiger partial charge in [-0.25, -0.2) is 4.79 Å². The quantitative estimate of drug-likeness (QED) is 0.765. The third-order valence-corrected chi connectivity index (χ3v) is 4.32. The molecule has 126 valence electrons. The van der Waals surface area contributed by atoms with Crippen LogP contribution in [-0.4, -0.2) is 43.0 Å². The lowest BCUT2D eigenvalue weighted by Gasteiger charge is -2.33. The molecule has 1 aliphatic rings. The lowest BCUT2D eigenvalue weighted by Crippen LogP contribution is -2.48. The van der Waals surface area contributed by atoms with Crippen molar-refractivity contribution in [2.24, 2.45) is 5.73 Å². The topological polar surface area (TPSA) is 87.5 Å². The van der Waals surface area contributed by atoms with Crippen LogP contribution in [0.5, 0.6) is 0 Å². The van der Waals surface area contributed by atoms with E-state index in [9.17, 15) is 9.59 Å². The standard InChI is InChI=1S/C17H26N4O2/c1-12-5-3-6-13(9-12)15(20-17(18)23)10-16(22)21-8-4-7-14(11-21)19-2/h3,5-6,9,14-15,19H,4,7-8,10-11H2,1-2H3,(H3,18,20,23)/t14-,15-/m0/s1. The first-order valence-corrected chi connectivity index (χ1v) is 8.07. The van der Waals surface area contributed by atoms with Gasteiger partial charge >= 0.3 is 6.03 Å². The minimum Gasteiger partial charge on any atom is -0.352 e. The molecule has 1 aromatic carbocycles. The zero-order chi connectivity index (χ0) is 16.8. The number of likely N-dealkylation sites (N-methyl/N-ethyl adjacent to an activating group) is 1. The number of hydrogen-bond acceptors (Lipinski definition) is 3. The van der Waals surface area contributed by atoms with Crippen molar-refractivity contribution in [1.82, 2.24) is 15.5 Å². The molecule has 1 aliphatic heterocycles. The second kappa shape index (κ2) is 7.97. The maximum atomic E-state index is 12.6. The van der Waals surface area contributed by atoms with E-state index in [1.807, 2.05) is 43.1 Å². The first-order valence-electron chi connectivity index (χ1n) is 8.07. The monoisotopic (exact) mass is 318 g/mol. The van der Waals surface area contributed by atoms with Crippen LogP contribution in [0, 0.1) is 6.92 Å². The molecule has 23 heavy (non-hydrogen) atoms. The van der Waals surface area contributed by atoms with Crippen molar-refractivity contribution in [1.29, 1.82) is 0 Å². The zero-order valence-corrected chi connectivity index (χ0v) is 13.8. The normalized spacial score (nSPS) is 19.2. The predicted molar refractivity (Wildman–Crippen MR) is 89.9 cm³/mol. The minimum absolute atomic E-state index is 0.0465. The van der Waals surface area contributed by atoms with Crippen LogP contribution < -0.4 is 16.4 Å². The smallest absolute Gasteiger partial charge is 0.312 e. The summed E-state index contributed by atoms with van der Waals surface area (Å²) < 4.78 is 0. The number of nitrogens with zero attached hydrogens (tertiary/aromatic N) is 1. The van der Waals surface area contributed by atoms with Gasteiger partial charge in [-0.1, -0.05) is 29.8 Å². The van der Waals surface area contributed by atoms with E-state index < -0.39 is 12.1 Å². The molecule has 1 aromatic rings. The van der Waals surface area contributed by atoms with E-state index in [1.165, 1.54) is 0 Å². The fourth-order valence-electron chi connectivity index (χ4n) is 3.05. The summed E-state index contributed by atoms with van der Waals surface area (Å²) in [6, 6.07) is 7.12. The summed E-state index contributed by atoms with van der Waals surface area (Å²) in [6.45, 7) is 3.47. The van der Waals surface area contributed by atoms with Gasteiger partial charge < -0.3 is 21.3 Å². The number of carbonyl (C=O) groups excluding carboxylic acids is 2. The van der Waals surface area contributed by atoms with Crippen LogP contribution in [0.2, 0.25) is 0 Å². The molecule has 0 aliphatic carbocycles. The van der Waals surface area contributed by atoms with Gasteiger partial charge in [0.1, 0.15) is 0 Å². The Hall–Kier alpha value is -2.08. The Balaban J connectivity index is 2.08. The zero-order valence-electron chi connectivity index (χ0n) is 13.8. The average molecular weight is 318 g/mol. The number of likely N-dealkylation sites (tertiary alicyclic amines) is 1. The van der Waals surface area contributed by atoms with Crippen LogP contribution in [0.4, 0.5) is 4.79 Å². The van der Waals surface area contributed by atoms with Crippen LogP contribution in [0.3, 0.4) is 0 Å². The molecule has 6 heteroatoms.